The molecule has 1 saturated heterocycles. The average molecular weight is 861 g/mol. The van der Waals surface area contributed by atoms with E-state index < -0.39 is 67.2 Å². The van der Waals surface area contributed by atoms with Gasteiger partial charge in [0.2, 0.25) is 11.8 Å². The van der Waals surface area contributed by atoms with E-state index in [0.29, 0.717) is 0 Å². The summed E-state index contributed by atoms with van der Waals surface area (Å²) in [6, 6.07) is 7.26. The van der Waals surface area contributed by atoms with Gasteiger partial charge in [0.05, 0.1) is 12.6 Å². The molecule has 1 saturated carbocycles. The molecule has 5 rings (SSSR count). The number of hydrogen-bond acceptors (Lipinski definition) is 6. The van der Waals surface area contributed by atoms with Gasteiger partial charge >= 0.3 is 12.1 Å². The van der Waals surface area contributed by atoms with Crippen molar-refractivity contribution in [2.75, 3.05) is 20.3 Å². The van der Waals surface area contributed by atoms with Crippen molar-refractivity contribution < 1.29 is 45.4 Å². The summed E-state index contributed by atoms with van der Waals surface area (Å²) < 4.78 is 86.0. The van der Waals surface area contributed by atoms with E-state index in [0.717, 1.165) is 16.5 Å². The fraction of sp³-hybridized carbons (Fsp3) is 0.448. The molecule has 2 N–H and O–H groups in total. The molecule has 242 valence electrons. The number of alkyl carbamates (subject to hydrolysis) is 1. The zero-order valence-electron chi connectivity index (χ0n) is 23.4. The molecule has 1 aliphatic carbocycles. The molecule has 3 aromatic rings. The van der Waals surface area contributed by atoms with Crippen LogP contribution >= 0.6 is 0 Å². The van der Waals surface area contributed by atoms with E-state index in [1.807, 2.05) is 6.07 Å². The maximum Gasteiger partial charge on any atom is 0.408 e. The number of nitrogens with one attached hydrogen (secondary N) is 2. The fourth-order valence-corrected chi connectivity index (χ4v) is 5.50. The first kappa shape index (κ1) is 32.0. The standard InChI is InChI=1S/C29H30F5N4O5.Cf/c1-41-15-22(38-13-21(25(31)32)36-27(38)39)18-11-19(30)24-20(12-18)35-26(43-24)23(17-7-9-29(33,34)10-8-17)37-28(40)42-14-16-5-3-2-4-6-16;/h2-6,11-12,17,21-23H,7-10,13-15H2,1H3,(H,36,39)(H,37,40);/q-1;/t21-,22-,23-;/m0./s1. The van der Waals surface area contributed by atoms with Gasteiger partial charge < -0.3 is 38.2 Å². The molecule has 15 heteroatoms. The minimum absolute atomic E-state index is 0. The predicted octanol–water partition coefficient (Wildman–Crippen LogP) is 6.27. The van der Waals surface area contributed by atoms with Crippen LogP contribution in [0.25, 0.3) is 11.1 Å². The number of benzene rings is 2. The SMILES string of the molecule is COC[C@@H](c1cc(F)c2oc([C@@H](NC(=O)OCc3ccccc3)C3CCC(F)(F)CC3)nc2c1)N1C[C@@H]([C-](F)F)NC1=O.[Cf]. The smallest absolute Gasteiger partial charge is 0.408 e. The van der Waals surface area contributed by atoms with E-state index in [4.69, 9.17) is 13.9 Å². The number of halogens is 5. The van der Waals surface area contributed by atoms with Crippen LogP contribution in [0.3, 0.4) is 0 Å². The number of oxazole rings is 1. The predicted molar refractivity (Wildman–Crippen MR) is 142 cm³/mol. The van der Waals surface area contributed by atoms with Crippen molar-refractivity contribution in [3.63, 3.8) is 0 Å². The van der Waals surface area contributed by atoms with Crippen LogP contribution in [-0.4, -0.2) is 54.2 Å². The van der Waals surface area contributed by atoms with E-state index in [1.54, 1.807) is 24.3 Å². The van der Waals surface area contributed by atoms with E-state index >= 15 is 4.39 Å². The zero-order valence-corrected chi connectivity index (χ0v) is 26.1. The molecule has 1 aliphatic heterocycles. The minimum atomic E-state index is -2.84. The van der Waals surface area contributed by atoms with Crippen LogP contribution in [0.4, 0.5) is 31.5 Å². The number of alkyl halides is 2. The Bertz CT molecular complexity index is 1440. The second-order valence-corrected chi connectivity index (χ2v) is 10.7. The minimum Gasteiger partial charge on any atom is -0.445 e. The van der Waals surface area contributed by atoms with Gasteiger partial charge in [-0.25, -0.2) is 27.7 Å². The number of rotatable bonds is 10. The molecule has 2 fully saturated rings. The number of aromatic nitrogens is 1. The van der Waals surface area contributed by atoms with Gasteiger partial charge in [-0.1, -0.05) is 30.3 Å². The third-order valence-electron chi connectivity index (χ3n) is 7.76. The van der Waals surface area contributed by atoms with Crippen molar-refractivity contribution in [1.82, 2.24) is 20.5 Å². The summed E-state index contributed by atoms with van der Waals surface area (Å²) >= 11 is 0. The Hall–Kier alpha value is -4.94. The van der Waals surface area contributed by atoms with Crippen molar-refractivity contribution in [3.05, 3.63) is 71.7 Å². The number of amides is 3. The van der Waals surface area contributed by atoms with Crippen LogP contribution in [0.2, 0.25) is 0 Å². The summed E-state index contributed by atoms with van der Waals surface area (Å²) in [6.07, 6.45) is -3.50. The molecule has 3 amide bonds. The van der Waals surface area contributed by atoms with Gasteiger partial charge in [0.15, 0.2) is 11.4 Å². The molecule has 0 bridgehead atoms. The fourth-order valence-electron chi connectivity index (χ4n) is 5.50. The Morgan fingerprint density at radius 2 is 1.93 bits per heavy atom. The van der Waals surface area contributed by atoms with Gasteiger partial charge in [-0.15, -0.1) is 0 Å². The van der Waals surface area contributed by atoms with E-state index in [1.165, 1.54) is 13.2 Å². The molecule has 2 aliphatic rings. The Morgan fingerprint density at radius 1 is 1.23 bits per heavy atom. The molecule has 44 heavy (non-hydrogen) atoms. The van der Waals surface area contributed by atoms with Gasteiger partial charge in [-0.05, 0) is 48.1 Å². The molecule has 0 unspecified atom stereocenters. The number of nitrogens with zero attached hydrogens (tertiary/aromatic N) is 2. The van der Waals surface area contributed by atoms with Crippen LogP contribution in [0, 0.1) is 18.2 Å². The van der Waals surface area contributed by atoms with Gasteiger partial charge in [0.25, 0.3) is 0 Å². The quantitative estimate of drug-likeness (QED) is 0.184. The molecular weight excluding hydrogens is 830 g/mol. The van der Waals surface area contributed by atoms with Gasteiger partial charge in [0, 0.05) is 32.9 Å². The van der Waals surface area contributed by atoms with Crippen LogP contribution in [0.5, 0.6) is 0 Å². The van der Waals surface area contributed by atoms with Crippen LogP contribution in [-0.2, 0) is 16.1 Å². The molecule has 9 nitrogen and oxygen atoms in total. The van der Waals surface area contributed by atoms with Crippen LogP contribution in [0.15, 0.2) is 46.9 Å². The van der Waals surface area contributed by atoms with Crippen molar-refractivity contribution >= 4 is 23.2 Å². The number of methoxy groups -OCH3 is 1. The number of carbonyl (C=O) groups excluding carboxylic acids is 2. The Kier molecular flexibility index (Phi) is 9.56. The molecule has 2 heterocycles. The Labute approximate surface area is 243 Å². The van der Waals surface area contributed by atoms with Gasteiger partial charge in [-0.3, -0.25) is 0 Å². The molecule has 0 spiro atoms. The van der Waals surface area contributed by atoms with Crippen LogP contribution < -0.4 is 10.6 Å². The van der Waals surface area contributed by atoms with Crippen LogP contribution in [0.1, 0.15) is 54.8 Å². The number of hydrogen-bond donors (Lipinski definition) is 2. The molecule has 0 radical (unpaired) electrons. The van der Waals surface area contributed by atoms with Gasteiger partial charge in [0.1, 0.15) is 18.2 Å². The zero-order chi connectivity index (χ0) is 30.7. The van der Waals surface area contributed by atoms with Crippen molar-refractivity contribution in [2.24, 2.45) is 5.92 Å². The maximum atomic E-state index is 15.4. The average Bonchev–Trinajstić information content (AvgIpc) is 3.58. The molecule has 1 aromatic heterocycles. The molecular formula is C29H30CfF5N4O5-. The molecule has 2 aromatic carbocycles. The van der Waals surface area contributed by atoms with Crippen molar-refractivity contribution in [3.8, 4) is 0 Å². The van der Waals surface area contributed by atoms with E-state index in [9.17, 15) is 27.2 Å². The summed E-state index contributed by atoms with van der Waals surface area (Å²) in [7, 11) is 1.35. The summed E-state index contributed by atoms with van der Waals surface area (Å²) in [5, 5.41) is 4.84. The normalized spacial score (nSPS) is 19.8. The van der Waals surface area contributed by atoms with E-state index in [2.05, 4.69) is 15.6 Å². The van der Waals surface area contributed by atoms with Crippen molar-refractivity contribution in [2.45, 2.75) is 56.3 Å². The molecule has 3 atom stereocenters. The first-order valence-corrected chi connectivity index (χ1v) is 13.7. The second kappa shape index (κ2) is 13.1. The van der Waals surface area contributed by atoms with Gasteiger partial charge in [-0.2, -0.15) is 0 Å². The first-order chi connectivity index (χ1) is 20.5. The Morgan fingerprint density at radius 3 is 2.57 bits per heavy atom. The van der Waals surface area contributed by atoms with Crippen molar-refractivity contribution in [1.29, 1.82) is 0 Å². The summed E-state index contributed by atoms with van der Waals surface area (Å²) in [4.78, 5) is 30.8. The summed E-state index contributed by atoms with van der Waals surface area (Å²) in [5.74, 6) is -4.29. The van der Waals surface area contributed by atoms with E-state index in [-0.39, 0.29) is 55.2 Å². The number of urea groups is 1. The first-order valence-electron chi connectivity index (χ1n) is 13.7. The topological polar surface area (TPSA) is 106 Å². The summed E-state index contributed by atoms with van der Waals surface area (Å²) in [5.41, 5.74) is 0.716. The number of carbonyl (C=O) groups is 2. The number of fused-ring (bicyclic) bond motifs is 1. The largest absolute Gasteiger partial charge is 0.445 e. The monoisotopic (exact) mass is 858 g/mol. The third kappa shape index (κ3) is 6.99. The summed E-state index contributed by atoms with van der Waals surface area (Å²) in [6.45, 7) is -0.525. The second-order valence-electron chi connectivity index (χ2n) is 10.7. The number of ether oxygens (including phenoxy) is 2. The Balaban J connectivity index is 0.00000442. The third-order valence-corrected chi connectivity index (χ3v) is 7.76. The maximum absolute atomic E-state index is 15.4.